The molecule has 2 N–H and O–H groups in total. The second-order valence-corrected chi connectivity index (χ2v) is 3.39. The summed E-state index contributed by atoms with van der Waals surface area (Å²) >= 11 is 0. The second kappa shape index (κ2) is 5.25. The summed E-state index contributed by atoms with van der Waals surface area (Å²) in [7, 11) is 2.89. The molecule has 1 rings (SSSR count). The molecule has 0 saturated carbocycles. The second-order valence-electron chi connectivity index (χ2n) is 3.39. The van der Waals surface area contributed by atoms with E-state index in [1.165, 1.54) is 20.3 Å². The first-order valence-corrected chi connectivity index (χ1v) is 4.86. The van der Waals surface area contributed by atoms with Crippen LogP contribution in [0.3, 0.4) is 0 Å². The Kier molecular flexibility index (Phi) is 3.98. The maximum atomic E-state index is 10.6. The zero-order valence-corrected chi connectivity index (χ0v) is 9.85. The van der Waals surface area contributed by atoms with Gasteiger partial charge in [0.25, 0.3) is 0 Å². The van der Waals surface area contributed by atoms with Gasteiger partial charge in [0.05, 0.1) is 14.2 Å². The Bertz CT molecular complexity index is 462. The van der Waals surface area contributed by atoms with Crippen LogP contribution in [0, 0.1) is 0 Å². The molecule has 1 aromatic carbocycles. The SMILES string of the molecule is COc1cc(OC)c(O)c(C(C)=CC(=O)O)c1. The molecule has 0 heterocycles. The van der Waals surface area contributed by atoms with Crippen molar-refractivity contribution in [2.75, 3.05) is 14.2 Å². The summed E-state index contributed by atoms with van der Waals surface area (Å²) in [5.41, 5.74) is 0.774. The number of hydrogen-bond acceptors (Lipinski definition) is 4. The van der Waals surface area contributed by atoms with Crippen molar-refractivity contribution in [1.82, 2.24) is 0 Å². The number of benzene rings is 1. The summed E-state index contributed by atoms with van der Waals surface area (Å²) in [5, 5.41) is 18.5. The normalized spacial score (nSPS) is 11.1. The van der Waals surface area contributed by atoms with Gasteiger partial charge in [0.15, 0.2) is 11.5 Å². The number of aliphatic carboxylic acids is 1. The van der Waals surface area contributed by atoms with Crippen molar-refractivity contribution in [2.45, 2.75) is 6.92 Å². The Balaban J connectivity index is 3.36. The molecule has 1 aromatic rings. The van der Waals surface area contributed by atoms with Gasteiger partial charge in [0.2, 0.25) is 0 Å². The average molecular weight is 238 g/mol. The first-order valence-electron chi connectivity index (χ1n) is 4.86. The number of carboxylic acid groups (broad SMARTS) is 1. The van der Waals surface area contributed by atoms with Crippen molar-refractivity contribution in [3.63, 3.8) is 0 Å². The highest BCUT2D eigenvalue weighted by Crippen LogP contribution is 2.38. The van der Waals surface area contributed by atoms with Crippen LogP contribution in [0.15, 0.2) is 18.2 Å². The smallest absolute Gasteiger partial charge is 0.328 e. The van der Waals surface area contributed by atoms with Crippen LogP contribution in [0.2, 0.25) is 0 Å². The van der Waals surface area contributed by atoms with Crippen LogP contribution < -0.4 is 9.47 Å². The lowest BCUT2D eigenvalue weighted by Gasteiger charge is -2.11. The first-order chi connectivity index (χ1) is 7.99. The Morgan fingerprint density at radius 3 is 2.41 bits per heavy atom. The van der Waals surface area contributed by atoms with Gasteiger partial charge in [-0.3, -0.25) is 0 Å². The fourth-order valence-corrected chi connectivity index (χ4v) is 1.42. The van der Waals surface area contributed by atoms with Crippen LogP contribution in [0.4, 0.5) is 0 Å². The number of phenolic OH excluding ortho intramolecular Hbond substituents is 1. The van der Waals surface area contributed by atoms with Gasteiger partial charge >= 0.3 is 5.97 Å². The molecule has 0 bridgehead atoms. The van der Waals surface area contributed by atoms with Gasteiger partial charge in [0.1, 0.15) is 5.75 Å². The molecule has 5 nitrogen and oxygen atoms in total. The van der Waals surface area contributed by atoms with Gasteiger partial charge in [0, 0.05) is 17.7 Å². The average Bonchev–Trinajstić information content (AvgIpc) is 2.28. The largest absolute Gasteiger partial charge is 0.504 e. The van der Waals surface area contributed by atoms with E-state index < -0.39 is 5.97 Å². The third-order valence-corrected chi connectivity index (χ3v) is 2.27. The molecule has 0 atom stereocenters. The lowest BCUT2D eigenvalue weighted by Crippen LogP contribution is -1.94. The summed E-state index contributed by atoms with van der Waals surface area (Å²) in [6.07, 6.45) is 1.01. The minimum Gasteiger partial charge on any atom is -0.504 e. The van der Waals surface area contributed by atoms with Gasteiger partial charge in [-0.15, -0.1) is 0 Å². The summed E-state index contributed by atoms with van der Waals surface area (Å²) in [6.45, 7) is 1.59. The molecule has 0 aliphatic heterocycles. The van der Waals surface area contributed by atoms with Crippen LogP contribution >= 0.6 is 0 Å². The number of allylic oxidation sites excluding steroid dienone is 1. The topological polar surface area (TPSA) is 76.0 Å². The highest BCUT2D eigenvalue weighted by atomic mass is 16.5. The highest BCUT2D eigenvalue weighted by molar-refractivity contribution is 5.91. The predicted octanol–water partition coefficient (Wildman–Crippen LogP) is 1.90. The van der Waals surface area contributed by atoms with E-state index in [1.54, 1.807) is 13.0 Å². The number of aromatic hydroxyl groups is 1. The lowest BCUT2D eigenvalue weighted by molar-refractivity contribution is -0.131. The molecule has 92 valence electrons. The number of carbonyl (C=O) groups is 1. The fraction of sp³-hybridized carbons (Fsp3) is 0.250. The van der Waals surface area contributed by atoms with E-state index in [-0.39, 0.29) is 11.5 Å². The van der Waals surface area contributed by atoms with Gasteiger partial charge in [-0.05, 0) is 18.6 Å². The van der Waals surface area contributed by atoms with Crippen molar-refractivity contribution >= 4 is 11.5 Å². The maximum Gasteiger partial charge on any atom is 0.328 e. The Labute approximate surface area is 98.9 Å². The van der Waals surface area contributed by atoms with E-state index >= 15 is 0 Å². The third-order valence-electron chi connectivity index (χ3n) is 2.27. The van der Waals surface area contributed by atoms with Gasteiger partial charge in [-0.25, -0.2) is 4.79 Å². The molecule has 17 heavy (non-hydrogen) atoms. The molecule has 0 radical (unpaired) electrons. The van der Waals surface area contributed by atoms with Crippen molar-refractivity contribution < 1.29 is 24.5 Å². The van der Waals surface area contributed by atoms with Gasteiger partial charge in [-0.1, -0.05) is 0 Å². The number of methoxy groups -OCH3 is 2. The molecule has 5 heteroatoms. The van der Waals surface area contributed by atoms with Crippen molar-refractivity contribution in [3.05, 3.63) is 23.8 Å². The predicted molar refractivity (Wildman–Crippen MR) is 62.5 cm³/mol. The molecule has 0 spiro atoms. The molecule has 0 amide bonds. The Morgan fingerprint density at radius 1 is 1.29 bits per heavy atom. The van der Waals surface area contributed by atoms with Crippen molar-refractivity contribution in [1.29, 1.82) is 0 Å². The zero-order chi connectivity index (χ0) is 13.0. The van der Waals surface area contributed by atoms with E-state index in [0.717, 1.165) is 6.08 Å². The minimum atomic E-state index is -1.08. The number of hydrogen-bond donors (Lipinski definition) is 2. The molecule has 0 aliphatic carbocycles. The molecule has 0 saturated heterocycles. The van der Waals surface area contributed by atoms with Crippen LogP contribution in [-0.2, 0) is 4.79 Å². The Hall–Kier alpha value is -2.17. The van der Waals surface area contributed by atoms with E-state index in [4.69, 9.17) is 14.6 Å². The van der Waals surface area contributed by atoms with Crippen LogP contribution in [0.25, 0.3) is 5.57 Å². The molecule has 0 unspecified atom stereocenters. The summed E-state index contributed by atoms with van der Waals surface area (Å²) in [5.74, 6) is -0.475. The third kappa shape index (κ3) is 2.90. The summed E-state index contributed by atoms with van der Waals surface area (Å²) in [6, 6.07) is 3.07. The van der Waals surface area contributed by atoms with Crippen LogP contribution in [0.1, 0.15) is 12.5 Å². The van der Waals surface area contributed by atoms with Gasteiger partial charge < -0.3 is 19.7 Å². The van der Waals surface area contributed by atoms with Crippen molar-refractivity contribution in [3.8, 4) is 17.2 Å². The quantitative estimate of drug-likeness (QED) is 0.783. The number of rotatable bonds is 4. The zero-order valence-electron chi connectivity index (χ0n) is 9.85. The number of carboxylic acids is 1. The monoisotopic (exact) mass is 238 g/mol. The van der Waals surface area contributed by atoms with Crippen LogP contribution in [0.5, 0.6) is 17.2 Å². The number of phenols is 1. The molecule has 0 fully saturated rings. The first kappa shape index (κ1) is 12.9. The minimum absolute atomic E-state index is 0.108. The van der Waals surface area contributed by atoms with E-state index in [0.29, 0.717) is 16.9 Å². The van der Waals surface area contributed by atoms with Crippen LogP contribution in [-0.4, -0.2) is 30.4 Å². The summed E-state index contributed by atoms with van der Waals surface area (Å²) < 4.78 is 10.0. The standard InChI is InChI=1S/C12H14O5/c1-7(4-11(13)14)9-5-8(16-2)6-10(17-3)12(9)15/h4-6,15H,1-3H3,(H,13,14). The summed E-state index contributed by atoms with van der Waals surface area (Å²) in [4.78, 5) is 10.6. The Morgan fingerprint density at radius 2 is 1.94 bits per heavy atom. The van der Waals surface area contributed by atoms with Gasteiger partial charge in [-0.2, -0.15) is 0 Å². The molecule has 0 aromatic heterocycles. The van der Waals surface area contributed by atoms with E-state index in [2.05, 4.69) is 0 Å². The molecular formula is C12H14O5. The van der Waals surface area contributed by atoms with E-state index in [1.807, 2.05) is 0 Å². The number of ether oxygens (including phenoxy) is 2. The van der Waals surface area contributed by atoms with E-state index in [9.17, 15) is 9.90 Å². The maximum absolute atomic E-state index is 10.6. The highest BCUT2D eigenvalue weighted by Gasteiger charge is 2.13. The fourth-order valence-electron chi connectivity index (χ4n) is 1.42. The van der Waals surface area contributed by atoms with Crippen molar-refractivity contribution in [2.24, 2.45) is 0 Å². The lowest BCUT2D eigenvalue weighted by atomic mass is 10.0. The molecular weight excluding hydrogens is 224 g/mol. The molecule has 0 aliphatic rings.